The minimum absolute atomic E-state index is 0.415. The molecule has 0 aromatic heterocycles. The summed E-state index contributed by atoms with van der Waals surface area (Å²) in [5.74, 6) is -0.433. The maximum Gasteiger partial charge on any atom is 0.339 e. The van der Waals surface area contributed by atoms with Gasteiger partial charge in [0.2, 0.25) is 0 Å². The molecule has 0 fully saturated rings. The first-order chi connectivity index (χ1) is 9.10. The normalized spacial score (nSPS) is 10.9. The SMILES string of the molecule is Cc1c(S)c(C)c(C(=O)OC(C)(C)C)c(C)c1N=[N+]=[N-]. The smallest absolute Gasteiger partial charge is 0.339 e. The first kappa shape index (κ1) is 16.4. The maximum atomic E-state index is 12.3. The molecule has 0 aliphatic heterocycles. The maximum absolute atomic E-state index is 12.3. The van der Waals surface area contributed by atoms with Gasteiger partial charge >= 0.3 is 5.97 Å². The molecule has 0 atom stereocenters. The number of hydrogen-bond donors (Lipinski definition) is 1. The summed E-state index contributed by atoms with van der Waals surface area (Å²) < 4.78 is 5.41. The van der Waals surface area contributed by atoms with E-state index >= 15 is 0 Å². The van der Waals surface area contributed by atoms with Crippen LogP contribution in [0.25, 0.3) is 10.4 Å². The van der Waals surface area contributed by atoms with E-state index in [1.165, 1.54) is 0 Å². The number of azide groups is 1. The van der Waals surface area contributed by atoms with Gasteiger partial charge in [0, 0.05) is 15.5 Å². The van der Waals surface area contributed by atoms with Crippen molar-refractivity contribution in [1.29, 1.82) is 0 Å². The van der Waals surface area contributed by atoms with Crippen LogP contribution in [-0.2, 0) is 4.74 Å². The predicted octanol–water partition coefficient (Wildman–Crippen LogP) is 4.80. The van der Waals surface area contributed by atoms with Gasteiger partial charge in [-0.05, 0) is 63.8 Å². The second-order valence-corrected chi connectivity index (χ2v) is 6.09. The Bertz CT molecular complexity index is 612. The van der Waals surface area contributed by atoms with Gasteiger partial charge in [-0.3, -0.25) is 0 Å². The molecule has 0 aliphatic carbocycles. The van der Waals surface area contributed by atoms with E-state index in [1.54, 1.807) is 34.6 Å². The molecule has 20 heavy (non-hydrogen) atoms. The minimum Gasteiger partial charge on any atom is -0.456 e. The average molecular weight is 293 g/mol. The fourth-order valence-corrected chi connectivity index (χ4v) is 2.24. The van der Waals surface area contributed by atoms with Crippen molar-refractivity contribution in [2.24, 2.45) is 5.11 Å². The highest BCUT2D eigenvalue weighted by molar-refractivity contribution is 7.80. The topological polar surface area (TPSA) is 75.1 Å². The number of thiol groups is 1. The first-order valence-corrected chi connectivity index (χ1v) is 6.66. The summed E-state index contributed by atoms with van der Waals surface area (Å²) in [6.07, 6.45) is 0. The molecule has 108 valence electrons. The van der Waals surface area contributed by atoms with Crippen molar-refractivity contribution in [3.63, 3.8) is 0 Å². The van der Waals surface area contributed by atoms with Crippen LogP contribution < -0.4 is 0 Å². The predicted molar refractivity (Wildman–Crippen MR) is 81.9 cm³/mol. The number of benzene rings is 1. The Kier molecular flexibility index (Phi) is 4.73. The van der Waals surface area contributed by atoms with E-state index in [-0.39, 0.29) is 0 Å². The lowest BCUT2D eigenvalue weighted by Crippen LogP contribution is -2.25. The van der Waals surface area contributed by atoms with Crippen molar-refractivity contribution in [1.82, 2.24) is 0 Å². The van der Waals surface area contributed by atoms with E-state index in [2.05, 4.69) is 22.7 Å². The Balaban J connectivity index is 3.55. The quantitative estimate of drug-likeness (QED) is 0.279. The largest absolute Gasteiger partial charge is 0.456 e. The summed E-state index contributed by atoms with van der Waals surface area (Å²) in [5, 5.41) is 3.67. The Morgan fingerprint density at radius 1 is 1.20 bits per heavy atom. The zero-order valence-corrected chi connectivity index (χ0v) is 13.5. The van der Waals surface area contributed by atoms with Crippen molar-refractivity contribution in [2.45, 2.75) is 52.0 Å². The van der Waals surface area contributed by atoms with Crippen LogP contribution in [0.5, 0.6) is 0 Å². The van der Waals surface area contributed by atoms with Gasteiger partial charge < -0.3 is 4.74 Å². The van der Waals surface area contributed by atoms with Gasteiger partial charge in [-0.15, -0.1) is 12.6 Å². The Morgan fingerprint density at radius 2 is 1.75 bits per heavy atom. The molecular weight excluding hydrogens is 274 g/mol. The summed E-state index contributed by atoms with van der Waals surface area (Å²) in [6.45, 7) is 10.8. The van der Waals surface area contributed by atoms with Crippen molar-refractivity contribution in [3.05, 3.63) is 32.7 Å². The van der Waals surface area contributed by atoms with Crippen LogP contribution in [0.3, 0.4) is 0 Å². The van der Waals surface area contributed by atoms with Crippen LogP contribution in [0.1, 0.15) is 47.8 Å². The number of carbonyl (C=O) groups is 1. The van der Waals surface area contributed by atoms with Crippen LogP contribution in [0, 0.1) is 20.8 Å². The summed E-state index contributed by atoms with van der Waals surface area (Å²) in [4.78, 5) is 15.8. The molecule has 0 unspecified atom stereocenters. The Labute approximate surface area is 124 Å². The highest BCUT2D eigenvalue weighted by Crippen LogP contribution is 2.36. The lowest BCUT2D eigenvalue weighted by Gasteiger charge is -2.22. The number of ether oxygens (including phenoxy) is 1. The monoisotopic (exact) mass is 293 g/mol. The van der Waals surface area contributed by atoms with Gasteiger partial charge in [0.05, 0.1) is 5.56 Å². The fourth-order valence-electron chi connectivity index (χ4n) is 2.02. The van der Waals surface area contributed by atoms with Gasteiger partial charge in [-0.1, -0.05) is 5.11 Å². The molecule has 0 amide bonds. The summed E-state index contributed by atoms with van der Waals surface area (Å²) >= 11 is 4.41. The lowest BCUT2D eigenvalue weighted by molar-refractivity contribution is 0.00677. The van der Waals surface area contributed by atoms with E-state index in [0.29, 0.717) is 21.7 Å². The number of carbonyl (C=O) groups excluding carboxylic acids is 1. The number of hydrogen-bond acceptors (Lipinski definition) is 4. The second-order valence-electron chi connectivity index (χ2n) is 5.64. The van der Waals surface area contributed by atoms with E-state index in [1.807, 2.05) is 6.92 Å². The molecule has 6 heteroatoms. The molecule has 0 saturated heterocycles. The zero-order chi connectivity index (χ0) is 15.7. The number of nitrogens with zero attached hydrogens (tertiary/aromatic N) is 3. The molecule has 1 aromatic rings. The Hall–Kier alpha value is -1.65. The standard InChI is InChI=1S/C14H19N3O2S/c1-7-10(13(18)19-14(4,5)6)8(2)12(20)9(3)11(7)16-17-15/h20H,1-6H3. The van der Waals surface area contributed by atoms with Gasteiger partial charge in [-0.25, -0.2) is 4.79 Å². The minimum atomic E-state index is -0.587. The molecule has 0 saturated carbocycles. The van der Waals surface area contributed by atoms with Crippen LogP contribution >= 0.6 is 12.6 Å². The molecular formula is C14H19N3O2S. The van der Waals surface area contributed by atoms with E-state index in [4.69, 9.17) is 10.3 Å². The average Bonchev–Trinajstić information content (AvgIpc) is 2.30. The molecule has 0 N–H and O–H groups in total. The van der Waals surface area contributed by atoms with Crippen LogP contribution in [0.2, 0.25) is 0 Å². The van der Waals surface area contributed by atoms with Crippen molar-refractivity contribution >= 4 is 24.3 Å². The van der Waals surface area contributed by atoms with Crippen molar-refractivity contribution in [2.75, 3.05) is 0 Å². The van der Waals surface area contributed by atoms with Gasteiger partial charge in [0.25, 0.3) is 0 Å². The first-order valence-electron chi connectivity index (χ1n) is 6.21. The molecule has 0 radical (unpaired) electrons. The molecule has 1 rings (SSSR count). The summed E-state index contributed by atoms with van der Waals surface area (Å²) in [6, 6.07) is 0. The third-order valence-corrected chi connectivity index (χ3v) is 3.59. The summed E-state index contributed by atoms with van der Waals surface area (Å²) in [7, 11) is 0. The highest BCUT2D eigenvalue weighted by atomic mass is 32.1. The molecule has 5 nitrogen and oxygen atoms in total. The van der Waals surface area contributed by atoms with Crippen molar-refractivity contribution < 1.29 is 9.53 Å². The zero-order valence-electron chi connectivity index (χ0n) is 12.6. The Morgan fingerprint density at radius 3 is 2.20 bits per heavy atom. The van der Waals surface area contributed by atoms with Crippen molar-refractivity contribution in [3.8, 4) is 0 Å². The van der Waals surface area contributed by atoms with E-state index in [9.17, 15) is 4.79 Å². The van der Waals surface area contributed by atoms with Gasteiger partial charge in [-0.2, -0.15) is 0 Å². The summed E-state index contributed by atoms with van der Waals surface area (Å²) in [5.41, 5.74) is 11.0. The van der Waals surface area contributed by atoms with Crippen LogP contribution in [-0.4, -0.2) is 11.6 Å². The molecule has 0 heterocycles. The highest BCUT2D eigenvalue weighted by Gasteiger charge is 2.24. The molecule has 0 spiro atoms. The van der Waals surface area contributed by atoms with Crippen LogP contribution in [0.4, 0.5) is 5.69 Å². The third kappa shape index (κ3) is 3.26. The lowest BCUT2D eigenvalue weighted by atomic mass is 9.97. The third-order valence-electron chi connectivity index (χ3n) is 2.92. The fraction of sp³-hybridized carbons (Fsp3) is 0.500. The molecule has 0 bridgehead atoms. The van der Waals surface area contributed by atoms with Gasteiger partial charge in [0.15, 0.2) is 0 Å². The number of esters is 1. The second kappa shape index (κ2) is 5.77. The number of rotatable bonds is 2. The van der Waals surface area contributed by atoms with E-state index in [0.717, 1.165) is 11.1 Å². The molecule has 0 aliphatic rings. The van der Waals surface area contributed by atoms with Crippen LogP contribution in [0.15, 0.2) is 10.0 Å². The van der Waals surface area contributed by atoms with E-state index < -0.39 is 11.6 Å². The van der Waals surface area contributed by atoms with Gasteiger partial charge in [0.1, 0.15) is 5.60 Å². The molecule has 1 aromatic carbocycles.